The molecule has 1 aromatic carbocycles. The Balaban J connectivity index is 1.71. The van der Waals surface area contributed by atoms with Crippen molar-refractivity contribution in [1.29, 1.82) is 0 Å². The molecular formula is C22H27ClF3NOS. The molecule has 1 aromatic heterocycles. The van der Waals surface area contributed by atoms with E-state index >= 15 is 0 Å². The summed E-state index contributed by atoms with van der Waals surface area (Å²) in [5, 5.41) is 0. The molecule has 7 heteroatoms. The monoisotopic (exact) mass is 445 g/mol. The van der Waals surface area contributed by atoms with E-state index in [-0.39, 0.29) is 11.9 Å². The Morgan fingerprint density at radius 2 is 2.00 bits per heavy atom. The summed E-state index contributed by atoms with van der Waals surface area (Å²) in [4.78, 5) is 3.41. The quantitative estimate of drug-likeness (QED) is 0.356. The van der Waals surface area contributed by atoms with Gasteiger partial charge in [0, 0.05) is 24.4 Å². The van der Waals surface area contributed by atoms with Crippen molar-refractivity contribution in [2.75, 3.05) is 19.6 Å². The van der Waals surface area contributed by atoms with Crippen LogP contribution in [0.4, 0.5) is 13.2 Å². The smallest absolute Gasteiger partial charge is 0.416 e. The largest absolute Gasteiger partial charge is 0.485 e. The van der Waals surface area contributed by atoms with Gasteiger partial charge in [0.2, 0.25) is 0 Å². The van der Waals surface area contributed by atoms with Crippen molar-refractivity contribution in [2.24, 2.45) is 5.92 Å². The fraction of sp³-hybridized carbons (Fsp3) is 0.545. The molecule has 0 saturated heterocycles. The third-order valence-electron chi connectivity index (χ3n) is 5.10. The summed E-state index contributed by atoms with van der Waals surface area (Å²) in [5.41, 5.74) is -0.698. The number of benzene rings is 1. The van der Waals surface area contributed by atoms with E-state index in [1.807, 2.05) is 12.1 Å². The Labute approximate surface area is 179 Å². The zero-order valence-electron chi connectivity index (χ0n) is 16.6. The first-order valence-corrected chi connectivity index (χ1v) is 11.4. The van der Waals surface area contributed by atoms with Crippen LogP contribution in [-0.4, -0.2) is 24.5 Å². The van der Waals surface area contributed by atoms with Crippen LogP contribution in [0.25, 0.3) is 0 Å². The fourth-order valence-corrected chi connectivity index (χ4v) is 4.44. The van der Waals surface area contributed by atoms with Crippen molar-refractivity contribution in [3.8, 4) is 5.75 Å². The third kappa shape index (κ3) is 7.19. The second-order valence-electron chi connectivity index (χ2n) is 7.66. The van der Waals surface area contributed by atoms with Gasteiger partial charge in [-0.15, -0.1) is 11.3 Å². The van der Waals surface area contributed by atoms with Crippen LogP contribution in [-0.2, 0) is 6.18 Å². The minimum Gasteiger partial charge on any atom is -0.485 e. The first-order valence-electron chi connectivity index (χ1n) is 10.2. The molecule has 1 saturated carbocycles. The molecular weight excluding hydrogens is 419 g/mol. The highest BCUT2D eigenvalue weighted by molar-refractivity contribution is 7.16. The average molecular weight is 446 g/mol. The molecule has 1 atom stereocenters. The highest BCUT2D eigenvalue weighted by Crippen LogP contribution is 2.36. The maximum Gasteiger partial charge on any atom is 0.416 e. The number of alkyl halides is 3. The van der Waals surface area contributed by atoms with E-state index in [0.29, 0.717) is 10.8 Å². The predicted octanol–water partition coefficient (Wildman–Crippen LogP) is 7.44. The van der Waals surface area contributed by atoms with Gasteiger partial charge in [-0.2, -0.15) is 13.2 Å². The fourth-order valence-electron chi connectivity index (χ4n) is 3.31. The Bertz CT molecular complexity index is 775. The number of nitrogens with zero attached hydrogens (tertiary/aromatic N) is 1. The lowest BCUT2D eigenvalue weighted by molar-refractivity contribution is -0.137. The Kier molecular flexibility index (Phi) is 7.88. The minimum absolute atomic E-state index is 0.233. The molecule has 0 N–H and O–H groups in total. The second kappa shape index (κ2) is 10.2. The normalized spacial score (nSPS) is 15.7. The van der Waals surface area contributed by atoms with Gasteiger partial charge in [-0.1, -0.05) is 31.0 Å². The number of halogens is 4. The highest BCUT2D eigenvalue weighted by atomic mass is 35.5. The van der Waals surface area contributed by atoms with Gasteiger partial charge < -0.3 is 9.64 Å². The van der Waals surface area contributed by atoms with E-state index in [4.69, 9.17) is 16.3 Å². The van der Waals surface area contributed by atoms with Crippen LogP contribution in [0.1, 0.15) is 55.6 Å². The highest BCUT2D eigenvalue weighted by Gasteiger charge is 2.31. The summed E-state index contributed by atoms with van der Waals surface area (Å²) < 4.78 is 45.9. The molecule has 1 aliphatic carbocycles. The zero-order chi connectivity index (χ0) is 20.9. The summed E-state index contributed by atoms with van der Waals surface area (Å²) in [6, 6.07) is 8.81. The number of unbranched alkanes of at least 4 members (excludes halogenated alkanes) is 1. The molecule has 0 radical (unpaired) electrons. The SMILES string of the molecule is CCCCN(CCC(Oc1cccc(C(F)(F)F)c1)c1ccc(Cl)s1)CC1CC1. The number of rotatable bonds is 11. The van der Waals surface area contributed by atoms with Crippen LogP contribution >= 0.6 is 22.9 Å². The molecule has 160 valence electrons. The summed E-state index contributed by atoms with van der Waals surface area (Å²) in [6.45, 7) is 5.19. The zero-order valence-corrected chi connectivity index (χ0v) is 18.1. The minimum atomic E-state index is -4.39. The summed E-state index contributed by atoms with van der Waals surface area (Å²) in [5.74, 6) is 1.03. The van der Waals surface area contributed by atoms with Gasteiger partial charge in [0.1, 0.15) is 11.9 Å². The van der Waals surface area contributed by atoms with Crippen LogP contribution in [0.5, 0.6) is 5.75 Å². The van der Waals surface area contributed by atoms with Gasteiger partial charge >= 0.3 is 6.18 Å². The van der Waals surface area contributed by atoms with Crippen LogP contribution in [0, 0.1) is 5.92 Å². The summed E-state index contributed by atoms with van der Waals surface area (Å²) >= 11 is 7.52. The van der Waals surface area contributed by atoms with Crippen LogP contribution < -0.4 is 4.74 Å². The maximum absolute atomic E-state index is 13.1. The molecule has 1 heterocycles. The molecule has 1 fully saturated rings. The van der Waals surface area contributed by atoms with Crippen LogP contribution in [0.3, 0.4) is 0 Å². The number of hydrogen-bond donors (Lipinski definition) is 0. The lowest BCUT2D eigenvalue weighted by Gasteiger charge is -2.25. The molecule has 29 heavy (non-hydrogen) atoms. The van der Waals surface area contributed by atoms with Gasteiger partial charge in [0.05, 0.1) is 9.90 Å². The predicted molar refractivity (Wildman–Crippen MR) is 113 cm³/mol. The molecule has 3 rings (SSSR count). The number of ether oxygens (including phenoxy) is 1. The van der Waals surface area contributed by atoms with E-state index in [2.05, 4.69) is 11.8 Å². The van der Waals surface area contributed by atoms with Crippen LogP contribution in [0.15, 0.2) is 36.4 Å². The Morgan fingerprint density at radius 3 is 2.62 bits per heavy atom. The molecule has 2 nitrogen and oxygen atoms in total. The lowest BCUT2D eigenvalue weighted by Crippen LogP contribution is -2.30. The first kappa shape index (κ1) is 22.4. The Hall–Kier alpha value is -1.24. The lowest BCUT2D eigenvalue weighted by atomic mass is 10.1. The molecule has 0 aliphatic heterocycles. The molecule has 1 aliphatic rings. The molecule has 0 bridgehead atoms. The molecule has 0 spiro atoms. The summed E-state index contributed by atoms with van der Waals surface area (Å²) in [7, 11) is 0. The van der Waals surface area contributed by atoms with Gasteiger partial charge in [-0.25, -0.2) is 0 Å². The van der Waals surface area contributed by atoms with Crippen molar-refractivity contribution in [1.82, 2.24) is 4.90 Å². The Morgan fingerprint density at radius 1 is 1.21 bits per heavy atom. The number of thiophene rings is 1. The average Bonchev–Trinajstić information content (AvgIpc) is 3.40. The van der Waals surface area contributed by atoms with Crippen molar-refractivity contribution in [2.45, 2.75) is 51.3 Å². The first-order chi connectivity index (χ1) is 13.8. The van der Waals surface area contributed by atoms with Crippen LogP contribution in [0.2, 0.25) is 4.34 Å². The van der Waals surface area contributed by atoms with Gasteiger partial charge in [0.25, 0.3) is 0 Å². The van der Waals surface area contributed by atoms with Gasteiger partial charge in [-0.05, 0) is 62.1 Å². The van der Waals surface area contributed by atoms with Crippen molar-refractivity contribution in [3.63, 3.8) is 0 Å². The van der Waals surface area contributed by atoms with E-state index in [0.717, 1.165) is 55.4 Å². The maximum atomic E-state index is 13.1. The van der Waals surface area contributed by atoms with Crippen molar-refractivity contribution in [3.05, 3.63) is 51.2 Å². The van der Waals surface area contributed by atoms with Crippen molar-refractivity contribution < 1.29 is 17.9 Å². The molecule has 2 aromatic rings. The molecule has 1 unspecified atom stereocenters. The van der Waals surface area contributed by atoms with E-state index in [1.165, 1.54) is 30.2 Å². The summed E-state index contributed by atoms with van der Waals surface area (Å²) in [6.07, 6.45) is 0.897. The number of hydrogen-bond acceptors (Lipinski definition) is 3. The standard InChI is InChI=1S/C22H27ClF3NOS/c1-2-3-12-27(15-16-7-8-16)13-11-19(20-9-10-21(23)29-20)28-18-6-4-5-17(14-18)22(24,25)26/h4-6,9-10,14,16,19H,2-3,7-8,11-13,15H2,1H3. The third-order valence-corrected chi connectivity index (χ3v) is 6.42. The van der Waals surface area contributed by atoms with E-state index < -0.39 is 11.7 Å². The topological polar surface area (TPSA) is 12.5 Å². The molecule has 0 amide bonds. The van der Waals surface area contributed by atoms with E-state index in [1.54, 1.807) is 6.07 Å². The van der Waals surface area contributed by atoms with Gasteiger partial charge in [-0.3, -0.25) is 0 Å². The van der Waals surface area contributed by atoms with Gasteiger partial charge in [0.15, 0.2) is 0 Å². The van der Waals surface area contributed by atoms with Crippen molar-refractivity contribution >= 4 is 22.9 Å². The second-order valence-corrected chi connectivity index (χ2v) is 9.41. The van der Waals surface area contributed by atoms with E-state index in [9.17, 15) is 13.2 Å².